The lowest BCUT2D eigenvalue weighted by Gasteiger charge is -2.21. The molecular weight excluding hydrogens is 312 g/mol. The number of hydrogen-bond donors (Lipinski definition) is 0. The van der Waals surface area contributed by atoms with E-state index >= 15 is 0 Å². The summed E-state index contributed by atoms with van der Waals surface area (Å²) in [5, 5.41) is 5.14. The smallest absolute Gasteiger partial charge is 0.00766 e. The van der Waals surface area contributed by atoms with Crippen molar-refractivity contribution in [1.82, 2.24) is 0 Å². The molecule has 0 aliphatic heterocycles. The summed E-state index contributed by atoms with van der Waals surface area (Å²) < 4.78 is 0. The lowest BCUT2D eigenvalue weighted by Crippen LogP contribution is -2.20. The van der Waals surface area contributed by atoms with Gasteiger partial charge in [-0.3, -0.25) is 0 Å². The summed E-state index contributed by atoms with van der Waals surface area (Å²) in [4.78, 5) is 0. The second-order valence-corrected chi connectivity index (χ2v) is 9.57. The van der Waals surface area contributed by atoms with E-state index in [4.69, 9.17) is 0 Å². The van der Waals surface area contributed by atoms with E-state index in [0.29, 0.717) is 0 Å². The molecule has 2 rings (SSSR count). The topological polar surface area (TPSA) is 0 Å². The summed E-state index contributed by atoms with van der Waals surface area (Å²) in [5.74, 6) is 0. The van der Waals surface area contributed by atoms with Gasteiger partial charge in [0.25, 0.3) is 0 Å². The predicted octanol–water partition coefficient (Wildman–Crippen LogP) is 5.65. The molecule has 0 aliphatic rings. The number of aryl methyl sites for hydroxylation is 2. The van der Waals surface area contributed by atoms with E-state index in [2.05, 4.69) is 99.2 Å². The van der Waals surface area contributed by atoms with Crippen LogP contribution >= 0.6 is 0 Å². The van der Waals surface area contributed by atoms with Crippen molar-refractivity contribution in [3.63, 3.8) is 0 Å². The number of hydrogen-bond acceptors (Lipinski definition) is 0. The van der Waals surface area contributed by atoms with Crippen molar-refractivity contribution in [2.75, 3.05) is 0 Å². The molecule has 140 valence electrons. The highest BCUT2D eigenvalue weighted by Crippen LogP contribution is 2.24. The lowest BCUT2D eigenvalue weighted by molar-refractivity contribution is 0.588. The number of rotatable bonds is 1. The van der Waals surface area contributed by atoms with Crippen molar-refractivity contribution < 1.29 is 0 Å². The fraction of sp³-hybridized carbons (Fsp3) is 0.462. The highest BCUT2D eigenvalue weighted by Gasteiger charge is 2.16. The van der Waals surface area contributed by atoms with Crippen molar-refractivity contribution in [3.05, 3.63) is 67.4 Å². The van der Waals surface area contributed by atoms with Crippen LogP contribution in [-0.4, -0.2) is 0 Å². The zero-order valence-electron chi connectivity index (χ0n) is 18.3. The molecule has 0 radical (unpaired) electrons. The molecule has 0 bridgehead atoms. The van der Waals surface area contributed by atoms with Gasteiger partial charge in [0.05, 0.1) is 0 Å². The molecule has 0 amide bonds. The Kier molecular flexibility index (Phi) is 5.57. The first kappa shape index (κ1) is 20.5. The van der Waals surface area contributed by atoms with Crippen molar-refractivity contribution in [2.24, 2.45) is 0 Å². The van der Waals surface area contributed by atoms with Gasteiger partial charge in [0.1, 0.15) is 0 Å². The summed E-state index contributed by atoms with van der Waals surface area (Å²) in [5.41, 5.74) is 5.79. The van der Waals surface area contributed by atoms with Crippen LogP contribution in [0.1, 0.15) is 77.6 Å². The summed E-state index contributed by atoms with van der Waals surface area (Å²) in [6, 6.07) is 9.39. The first-order valence-electron chi connectivity index (χ1n) is 9.84. The molecule has 2 aromatic carbocycles. The van der Waals surface area contributed by atoms with Gasteiger partial charge in [-0.15, -0.1) is 0 Å². The van der Waals surface area contributed by atoms with Crippen LogP contribution in [0.2, 0.25) is 0 Å². The Bertz CT molecular complexity index is 1010. The molecule has 0 spiro atoms. The van der Waals surface area contributed by atoms with E-state index in [0.717, 1.165) is 11.6 Å². The third-order valence-corrected chi connectivity index (χ3v) is 5.34. The van der Waals surface area contributed by atoms with Gasteiger partial charge in [-0.25, -0.2) is 0 Å². The maximum atomic E-state index is 4.45. The largest absolute Gasteiger partial charge is 0.0911 e. The fourth-order valence-electron chi connectivity index (χ4n) is 3.62. The van der Waals surface area contributed by atoms with Crippen molar-refractivity contribution in [1.29, 1.82) is 0 Å². The molecule has 0 aromatic heterocycles. The Balaban J connectivity index is 3.12. The number of benzene rings is 2. The average molecular weight is 349 g/mol. The molecule has 0 atom stereocenters. The van der Waals surface area contributed by atoms with Gasteiger partial charge in [-0.05, 0) is 74.2 Å². The van der Waals surface area contributed by atoms with Crippen molar-refractivity contribution >= 4 is 12.7 Å². The van der Waals surface area contributed by atoms with Gasteiger partial charge in [0.2, 0.25) is 0 Å². The van der Waals surface area contributed by atoms with Crippen LogP contribution < -0.4 is 10.4 Å². The molecule has 0 heteroatoms. The van der Waals surface area contributed by atoms with E-state index in [1.165, 1.54) is 37.9 Å². The average Bonchev–Trinajstić information content (AvgIpc) is 2.52. The van der Waals surface area contributed by atoms with Crippen LogP contribution in [0, 0.1) is 17.4 Å². The maximum absolute atomic E-state index is 4.45. The standard InChI is InChI=1S/C26H36/c1-11-19-15-21(25(5,6)7)13-17(3)23(19)24-18(4)14-22(26(8,9)10)16-20(24)12-2/h12-16H,3,11H2,1-2,4-10H3/b20-12?,24-23-. The second kappa shape index (κ2) is 7.06. The van der Waals surface area contributed by atoms with Crippen molar-refractivity contribution in [2.45, 2.75) is 79.6 Å². The molecule has 0 N–H and O–H groups in total. The van der Waals surface area contributed by atoms with Gasteiger partial charge in [-0.2, -0.15) is 0 Å². The quantitative estimate of drug-likeness (QED) is 0.624. The normalized spacial score (nSPS) is 14.7. The molecule has 0 fully saturated rings. The summed E-state index contributed by atoms with van der Waals surface area (Å²) >= 11 is 0. The minimum Gasteiger partial charge on any atom is -0.0911 e. The third kappa shape index (κ3) is 3.95. The predicted molar refractivity (Wildman–Crippen MR) is 117 cm³/mol. The van der Waals surface area contributed by atoms with E-state index in [1.807, 2.05) is 0 Å². The van der Waals surface area contributed by atoms with Crippen molar-refractivity contribution in [3.8, 4) is 0 Å². The monoisotopic (exact) mass is 348 g/mol. The highest BCUT2D eigenvalue weighted by molar-refractivity contribution is 5.40. The van der Waals surface area contributed by atoms with E-state index in [1.54, 1.807) is 0 Å². The van der Waals surface area contributed by atoms with Crippen LogP contribution in [0.3, 0.4) is 0 Å². The van der Waals surface area contributed by atoms with Crippen LogP contribution in [-0.2, 0) is 17.3 Å². The Morgan fingerprint density at radius 2 is 1.38 bits per heavy atom. The first-order chi connectivity index (χ1) is 11.9. The highest BCUT2D eigenvalue weighted by atomic mass is 14.2. The zero-order chi connectivity index (χ0) is 19.9. The Labute approximate surface area is 160 Å². The SMILES string of the molecule is C=c1cc(C(C)(C)C)cc(CC)/c1=c1/c(C)cc(C(C)(C)C)cc1=CC. The van der Waals surface area contributed by atoms with Gasteiger partial charge in [0.15, 0.2) is 0 Å². The first-order valence-corrected chi connectivity index (χ1v) is 9.84. The van der Waals surface area contributed by atoms with Gasteiger partial charge >= 0.3 is 0 Å². The van der Waals surface area contributed by atoms with Gasteiger partial charge in [0, 0.05) is 0 Å². The second-order valence-electron chi connectivity index (χ2n) is 9.57. The molecular formula is C26H36. The molecule has 0 nitrogen and oxygen atoms in total. The molecule has 0 saturated carbocycles. The summed E-state index contributed by atoms with van der Waals surface area (Å²) in [6.45, 7) is 24.8. The minimum atomic E-state index is 0.139. The summed E-state index contributed by atoms with van der Waals surface area (Å²) in [7, 11) is 0. The molecule has 0 heterocycles. The molecule has 0 unspecified atom stereocenters. The molecule has 0 aliphatic carbocycles. The third-order valence-electron chi connectivity index (χ3n) is 5.34. The van der Waals surface area contributed by atoms with Crippen LogP contribution in [0.25, 0.3) is 12.7 Å². The molecule has 2 aromatic rings. The molecule has 26 heavy (non-hydrogen) atoms. The Morgan fingerprint density at radius 1 is 0.846 bits per heavy atom. The van der Waals surface area contributed by atoms with Crippen LogP contribution in [0.15, 0.2) is 24.3 Å². The van der Waals surface area contributed by atoms with Crippen LogP contribution in [0.4, 0.5) is 0 Å². The minimum absolute atomic E-state index is 0.139. The fourth-order valence-corrected chi connectivity index (χ4v) is 3.62. The van der Waals surface area contributed by atoms with Gasteiger partial charge in [-0.1, -0.05) is 85.4 Å². The van der Waals surface area contributed by atoms with Gasteiger partial charge < -0.3 is 0 Å². The molecule has 0 saturated heterocycles. The Morgan fingerprint density at radius 3 is 1.85 bits per heavy atom. The van der Waals surface area contributed by atoms with E-state index in [-0.39, 0.29) is 10.8 Å². The van der Waals surface area contributed by atoms with E-state index < -0.39 is 0 Å². The summed E-state index contributed by atoms with van der Waals surface area (Å²) in [6.07, 6.45) is 3.26. The van der Waals surface area contributed by atoms with Crippen LogP contribution in [0.5, 0.6) is 0 Å². The lowest BCUT2D eigenvalue weighted by atomic mass is 9.83. The Hall–Kier alpha value is -1.82. The van der Waals surface area contributed by atoms with E-state index in [9.17, 15) is 0 Å². The maximum Gasteiger partial charge on any atom is -0.00766 e. The zero-order valence-corrected chi connectivity index (χ0v) is 18.3.